The van der Waals surface area contributed by atoms with Crippen LogP contribution in [0.1, 0.15) is 0 Å². The lowest BCUT2D eigenvalue weighted by Crippen LogP contribution is -1.96. The molecule has 18 heavy (non-hydrogen) atoms. The zero-order valence-corrected chi connectivity index (χ0v) is 8.96. The predicted octanol–water partition coefficient (Wildman–Crippen LogP) is 1.09. The summed E-state index contributed by atoms with van der Waals surface area (Å²) >= 11 is 0. The van der Waals surface area contributed by atoms with Gasteiger partial charge in [-0.15, -0.1) is 0 Å². The molecule has 8 nitrogen and oxygen atoms in total. The molecule has 0 N–H and O–H groups in total. The van der Waals surface area contributed by atoms with E-state index in [1.54, 1.807) is 24.4 Å². The van der Waals surface area contributed by atoms with Crippen molar-refractivity contribution in [3.63, 3.8) is 0 Å². The van der Waals surface area contributed by atoms with Crippen LogP contribution >= 0.6 is 0 Å². The van der Waals surface area contributed by atoms with E-state index in [1.807, 2.05) is 0 Å². The molecule has 0 fully saturated rings. The summed E-state index contributed by atoms with van der Waals surface area (Å²) in [5.74, 6) is 0.380. The first-order valence-electron chi connectivity index (χ1n) is 5.03. The van der Waals surface area contributed by atoms with Gasteiger partial charge in [-0.2, -0.15) is 4.52 Å². The van der Waals surface area contributed by atoms with Gasteiger partial charge in [0.15, 0.2) is 0 Å². The summed E-state index contributed by atoms with van der Waals surface area (Å²) in [5.41, 5.74) is 1.54. The van der Waals surface area contributed by atoms with Crippen LogP contribution in [-0.4, -0.2) is 29.9 Å². The van der Waals surface area contributed by atoms with Gasteiger partial charge in [-0.05, 0) is 28.6 Å². The number of nitrogens with zero attached hydrogens (tertiary/aromatic N) is 6. The molecule has 2 heterocycles. The summed E-state index contributed by atoms with van der Waals surface area (Å²) in [7, 11) is 0. The molecule has 3 aromatic rings. The summed E-state index contributed by atoms with van der Waals surface area (Å²) in [6, 6.07) is 7.91. The minimum Gasteiger partial charge on any atom is -0.258 e. The summed E-state index contributed by atoms with van der Waals surface area (Å²) in [4.78, 5) is 14.1. The van der Waals surface area contributed by atoms with E-state index in [0.717, 1.165) is 11.3 Å². The van der Waals surface area contributed by atoms with E-state index in [9.17, 15) is 10.1 Å². The topological polar surface area (TPSA) is 99.1 Å². The van der Waals surface area contributed by atoms with Crippen molar-refractivity contribution in [2.24, 2.45) is 0 Å². The van der Waals surface area contributed by atoms with Gasteiger partial charge in [0.1, 0.15) is 0 Å². The molecular formula is C10H6N6O2. The summed E-state index contributed by atoms with van der Waals surface area (Å²) in [6.45, 7) is 0. The zero-order valence-electron chi connectivity index (χ0n) is 8.96. The largest absolute Gasteiger partial charge is 0.273 e. The van der Waals surface area contributed by atoms with Gasteiger partial charge in [0.2, 0.25) is 0 Å². The van der Waals surface area contributed by atoms with Gasteiger partial charge in [0.25, 0.3) is 11.5 Å². The standard InChI is InChI=1S/C10H6N6O2/c17-16(18)8-3-1-7(2-4-8)9-5-6-11-10-12-13-14-15(9)10/h1-6H. The molecule has 1 aromatic carbocycles. The minimum absolute atomic E-state index is 0.0424. The number of fused-ring (bicyclic) bond motifs is 1. The van der Waals surface area contributed by atoms with Crippen molar-refractivity contribution < 1.29 is 4.92 Å². The Bertz CT molecular complexity index is 721. The van der Waals surface area contributed by atoms with E-state index in [2.05, 4.69) is 20.5 Å². The number of nitro groups is 1. The molecule has 0 aliphatic heterocycles. The molecule has 88 valence electrons. The minimum atomic E-state index is -0.442. The average molecular weight is 242 g/mol. The molecule has 0 amide bonds. The average Bonchev–Trinajstić information content (AvgIpc) is 2.87. The predicted molar refractivity (Wildman–Crippen MR) is 60.7 cm³/mol. The molecule has 8 heteroatoms. The normalized spacial score (nSPS) is 10.7. The van der Waals surface area contributed by atoms with Crippen molar-refractivity contribution in [3.8, 4) is 11.3 Å². The summed E-state index contributed by atoms with van der Waals surface area (Å²) < 4.78 is 1.47. The highest BCUT2D eigenvalue weighted by molar-refractivity contribution is 5.62. The van der Waals surface area contributed by atoms with Gasteiger partial charge < -0.3 is 0 Å². The Hall–Kier alpha value is -2.90. The van der Waals surface area contributed by atoms with Crippen molar-refractivity contribution in [2.45, 2.75) is 0 Å². The smallest absolute Gasteiger partial charge is 0.258 e. The molecule has 0 atom stereocenters. The van der Waals surface area contributed by atoms with E-state index < -0.39 is 4.92 Å². The Morgan fingerprint density at radius 1 is 1.17 bits per heavy atom. The number of nitro benzene ring substituents is 1. The van der Waals surface area contributed by atoms with Crippen molar-refractivity contribution in [1.29, 1.82) is 0 Å². The first-order chi connectivity index (χ1) is 8.75. The van der Waals surface area contributed by atoms with Crippen molar-refractivity contribution in [2.75, 3.05) is 0 Å². The lowest BCUT2D eigenvalue weighted by molar-refractivity contribution is -0.384. The second-order valence-corrected chi connectivity index (χ2v) is 3.52. The monoisotopic (exact) mass is 242 g/mol. The maximum Gasteiger partial charge on any atom is 0.273 e. The Labute approximate surface area is 100 Å². The number of hydrogen-bond donors (Lipinski definition) is 0. The number of tetrazole rings is 1. The third kappa shape index (κ3) is 1.56. The highest BCUT2D eigenvalue weighted by Gasteiger charge is 2.09. The van der Waals surface area contributed by atoms with Crippen LogP contribution in [0.25, 0.3) is 17.0 Å². The third-order valence-corrected chi connectivity index (χ3v) is 2.48. The van der Waals surface area contributed by atoms with Gasteiger partial charge >= 0.3 is 0 Å². The SMILES string of the molecule is O=[N+]([O-])c1ccc(-c2ccnc3nnnn23)cc1. The fourth-order valence-electron chi connectivity index (χ4n) is 1.64. The van der Waals surface area contributed by atoms with E-state index in [-0.39, 0.29) is 5.69 Å². The fourth-order valence-corrected chi connectivity index (χ4v) is 1.64. The summed E-state index contributed by atoms with van der Waals surface area (Å²) in [6.07, 6.45) is 1.59. The molecule has 2 aromatic heterocycles. The lowest BCUT2D eigenvalue weighted by Gasteiger charge is -2.02. The number of hydrogen-bond acceptors (Lipinski definition) is 6. The molecular weight excluding hydrogens is 236 g/mol. The molecule has 0 unspecified atom stereocenters. The van der Waals surface area contributed by atoms with Crippen molar-refractivity contribution in [1.82, 2.24) is 25.0 Å². The van der Waals surface area contributed by atoms with Crippen LogP contribution in [0.4, 0.5) is 5.69 Å². The van der Waals surface area contributed by atoms with Crippen LogP contribution in [0.2, 0.25) is 0 Å². The molecule has 0 aliphatic carbocycles. The molecule has 0 spiro atoms. The Morgan fingerprint density at radius 2 is 1.94 bits per heavy atom. The van der Waals surface area contributed by atoms with Crippen LogP contribution in [0, 0.1) is 10.1 Å². The molecule has 0 aliphatic rings. The van der Waals surface area contributed by atoms with E-state index >= 15 is 0 Å². The van der Waals surface area contributed by atoms with E-state index in [1.165, 1.54) is 16.6 Å². The highest BCUT2D eigenvalue weighted by atomic mass is 16.6. The van der Waals surface area contributed by atoms with Crippen molar-refractivity contribution in [3.05, 3.63) is 46.6 Å². The second-order valence-electron chi connectivity index (χ2n) is 3.52. The Kier molecular flexibility index (Phi) is 2.19. The molecule has 0 radical (unpaired) electrons. The molecule has 3 rings (SSSR count). The number of aromatic nitrogens is 5. The van der Waals surface area contributed by atoms with Crippen LogP contribution < -0.4 is 0 Å². The van der Waals surface area contributed by atoms with Crippen LogP contribution in [0.15, 0.2) is 36.5 Å². The second kappa shape index (κ2) is 3.84. The lowest BCUT2D eigenvalue weighted by atomic mass is 10.1. The third-order valence-electron chi connectivity index (χ3n) is 2.48. The molecule has 0 bridgehead atoms. The fraction of sp³-hybridized carbons (Fsp3) is 0. The number of non-ortho nitro benzene ring substituents is 1. The van der Waals surface area contributed by atoms with Crippen LogP contribution in [0.3, 0.4) is 0 Å². The first kappa shape index (κ1) is 10.3. The summed E-state index contributed by atoms with van der Waals surface area (Å²) in [5, 5.41) is 21.6. The maximum absolute atomic E-state index is 10.6. The number of benzene rings is 1. The molecule has 0 saturated heterocycles. The molecule has 0 saturated carbocycles. The van der Waals surface area contributed by atoms with Gasteiger partial charge in [0, 0.05) is 23.9 Å². The Balaban J connectivity index is 2.14. The van der Waals surface area contributed by atoms with Gasteiger partial charge in [-0.25, -0.2) is 4.98 Å². The maximum atomic E-state index is 10.6. The first-order valence-corrected chi connectivity index (χ1v) is 5.03. The van der Waals surface area contributed by atoms with Crippen LogP contribution in [0.5, 0.6) is 0 Å². The van der Waals surface area contributed by atoms with Crippen molar-refractivity contribution >= 4 is 11.5 Å². The quantitative estimate of drug-likeness (QED) is 0.492. The van der Waals surface area contributed by atoms with Crippen LogP contribution in [-0.2, 0) is 0 Å². The van der Waals surface area contributed by atoms with Gasteiger partial charge in [-0.3, -0.25) is 10.1 Å². The van der Waals surface area contributed by atoms with E-state index in [0.29, 0.717) is 5.78 Å². The zero-order chi connectivity index (χ0) is 12.5. The Morgan fingerprint density at radius 3 is 2.67 bits per heavy atom. The number of rotatable bonds is 2. The highest BCUT2D eigenvalue weighted by Crippen LogP contribution is 2.21. The van der Waals surface area contributed by atoms with Gasteiger partial charge in [-0.1, -0.05) is 5.10 Å². The van der Waals surface area contributed by atoms with Gasteiger partial charge in [0.05, 0.1) is 10.6 Å². The van der Waals surface area contributed by atoms with E-state index in [4.69, 9.17) is 0 Å².